The number of hydrogen-bond donors (Lipinski definition) is 0. The lowest BCUT2D eigenvalue weighted by Crippen LogP contribution is -2.37. The molecule has 2 aromatic carbocycles. The first-order valence-electron chi connectivity index (χ1n) is 7.79. The van der Waals surface area contributed by atoms with Gasteiger partial charge in [0, 0.05) is 18.2 Å². The van der Waals surface area contributed by atoms with Gasteiger partial charge in [-0.2, -0.15) is 4.31 Å². The van der Waals surface area contributed by atoms with Crippen molar-refractivity contribution < 1.29 is 13.2 Å². The Morgan fingerprint density at radius 3 is 2.38 bits per heavy atom. The smallest absolute Gasteiger partial charge is 0.243 e. The van der Waals surface area contributed by atoms with Crippen LogP contribution < -0.4 is 0 Å². The lowest BCUT2D eigenvalue weighted by Gasteiger charge is -2.24. The van der Waals surface area contributed by atoms with Gasteiger partial charge in [0.2, 0.25) is 10.0 Å². The first-order chi connectivity index (χ1) is 11.5. The highest BCUT2D eigenvalue weighted by Crippen LogP contribution is 2.27. The van der Waals surface area contributed by atoms with Gasteiger partial charge in [0.25, 0.3) is 0 Å². The Labute approximate surface area is 142 Å². The molecule has 0 aliphatic carbocycles. The maximum Gasteiger partial charge on any atom is 0.243 e. The van der Waals surface area contributed by atoms with E-state index in [0.29, 0.717) is 12.0 Å². The van der Waals surface area contributed by atoms with Gasteiger partial charge in [-0.1, -0.05) is 54.1 Å². The molecule has 1 heterocycles. The number of aryl methyl sites for hydroxylation is 1. The molecule has 0 spiro atoms. The highest BCUT2D eigenvalue weighted by atomic mass is 32.2. The standard InChI is InChI=1S/C19H19NO3S/c1-15-7-9-19(10-8-15)24(22,23)20-13-17(14-21)12-18(20)11-16-5-3-2-4-6-16/h2-10,12,14,18H,11,13H2,1H3. The molecular weight excluding hydrogens is 322 g/mol. The Balaban J connectivity index is 1.92. The maximum atomic E-state index is 13.0. The molecule has 3 rings (SSSR count). The maximum absolute atomic E-state index is 13.0. The molecule has 1 atom stereocenters. The molecule has 0 N–H and O–H groups in total. The van der Waals surface area contributed by atoms with Crippen molar-refractivity contribution >= 4 is 16.3 Å². The Kier molecular flexibility index (Phi) is 4.64. The van der Waals surface area contributed by atoms with Crippen LogP contribution in [0.4, 0.5) is 0 Å². The third-order valence-corrected chi connectivity index (χ3v) is 6.07. The summed E-state index contributed by atoms with van der Waals surface area (Å²) in [6.45, 7) is 2.04. The minimum Gasteiger partial charge on any atom is -0.298 e. The summed E-state index contributed by atoms with van der Waals surface area (Å²) in [7, 11) is -3.65. The normalized spacial score (nSPS) is 18.4. The Hall–Kier alpha value is -2.24. The van der Waals surface area contributed by atoms with Gasteiger partial charge in [-0.15, -0.1) is 0 Å². The fraction of sp³-hybridized carbons (Fsp3) is 0.211. The number of nitrogens with zero attached hydrogens (tertiary/aromatic N) is 1. The van der Waals surface area contributed by atoms with E-state index in [1.807, 2.05) is 37.3 Å². The van der Waals surface area contributed by atoms with Crippen LogP contribution in [0, 0.1) is 6.92 Å². The molecule has 1 aliphatic rings. The Morgan fingerprint density at radius 1 is 1.08 bits per heavy atom. The van der Waals surface area contributed by atoms with Gasteiger partial charge in [0.15, 0.2) is 0 Å². The lowest BCUT2D eigenvalue weighted by molar-refractivity contribution is -0.104. The molecule has 1 aliphatic heterocycles. The second kappa shape index (κ2) is 6.71. The second-order valence-electron chi connectivity index (χ2n) is 5.98. The number of rotatable bonds is 5. The topological polar surface area (TPSA) is 54.5 Å². The zero-order valence-electron chi connectivity index (χ0n) is 13.4. The van der Waals surface area contributed by atoms with Gasteiger partial charge in [0.05, 0.1) is 4.90 Å². The second-order valence-corrected chi connectivity index (χ2v) is 7.87. The summed E-state index contributed by atoms with van der Waals surface area (Å²) < 4.78 is 27.4. The molecule has 4 nitrogen and oxygen atoms in total. The molecule has 0 radical (unpaired) electrons. The molecule has 0 fully saturated rings. The fourth-order valence-electron chi connectivity index (χ4n) is 2.88. The minimum absolute atomic E-state index is 0.122. The van der Waals surface area contributed by atoms with E-state index in [4.69, 9.17) is 0 Å². The largest absolute Gasteiger partial charge is 0.298 e. The minimum atomic E-state index is -3.65. The van der Waals surface area contributed by atoms with Crippen LogP contribution in [0.15, 0.2) is 71.1 Å². The number of carbonyl (C=O) groups is 1. The van der Waals surface area contributed by atoms with Crippen LogP contribution in [0.2, 0.25) is 0 Å². The number of aldehydes is 1. The van der Waals surface area contributed by atoms with E-state index in [-0.39, 0.29) is 17.5 Å². The van der Waals surface area contributed by atoms with Crippen molar-refractivity contribution in [3.8, 4) is 0 Å². The van der Waals surface area contributed by atoms with Crippen molar-refractivity contribution in [1.29, 1.82) is 0 Å². The van der Waals surface area contributed by atoms with Gasteiger partial charge >= 0.3 is 0 Å². The molecule has 1 unspecified atom stereocenters. The number of hydrogen-bond acceptors (Lipinski definition) is 3. The van der Waals surface area contributed by atoms with Crippen molar-refractivity contribution in [2.24, 2.45) is 0 Å². The van der Waals surface area contributed by atoms with Crippen LogP contribution in [-0.4, -0.2) is 31.6 Å². The summed E-state index contributed by atoms with van der Waals surface area (Å²) in [5.41, 5.74) is 2.55. The highest BCUT2D eigenvalue weighted by molar-refractivity contribution is 7.89. The van der Waals surface area contributed by atoms with Crippen molar-refractivity contribution in [1.82, 2.24) is 4.31 Å². The van der Waals surface area contributed by atoms with Gasteiger partial charge in [0.1, 0.15) is 6.29 Å². The summed E-state index contributed by atoms with van der Waals surface area (Å²) in [5.74, 6) is 0. The van der Waals surface area contributed by atoms with E-state index < -0.39 is 10.0 Å². The third kappa shape index (κ3) is 3.32. The van der Waals surface area contributed by atoms with E-state index in [1.54, 1.807) is 30.3 Å². The third-order valence-electron chi connectivity index (χ3n) is 4.18. The first-order valence-corrected chi connectivity index (χ1v) is 9.23. The summed E-state index contributed by atoms with van der Waals surface area (Å²) in [5, 5.41) is 0. The van der Waals surface area contributed by atoms with Crippen LogP contribution in [0.5, 0.6) is 0 Å². The molecule has 24 heavy (non-hydrogen) atoms. The molecule has 5 heteroatoms. The van der Waals surface area contributed by atoms with Gasteiger partial charge < -0.3 is 0 Å². The van der Waals surface area contributed by atoms with Crippen molar-refractivity contribution in [2.45, 2.75) is 24.3 Å². The van der Waals surface area contributed by atoms with Crippen LogP contribution in [-0.2, 0) is 21.2 Å². The van der Waals surface area contributed by atoms with E-state index in [9.17, 15) is 13.2 Å². The van der Waals surface area contributed by atoms with E-state index in [2.05, 4.69) is 0 Å². The van der Waals surface area contributed by atoms with Crippen LogP contribution in [0.3, 0.4) is 0 Å². The van der Waals surface area contributed by atoms with E-state index in [1.165, 1.54) is 4.31 Å². The Morgan fingerprint density at radius 2 is 1.75 bits per heavy atom. The average molecular weight is 341 g/mol. The zero-order chi connectivity index (χ0) is 17.2. The van der Waals surface area contributed by atoms with Crippen molar-refractivity contribution in [3.05, 3.63) is 77.4 Å². The summed E-state index contributed by atoms with van der Waals surface area (Å²) in [6, 6.07) is 16.1. The summed E-state index contributed by atoms with van der Waals surface area (Å²) >= 11 is 0. The van der Waals surface area contributed by atoms with Crippen LogP contribution >= 0.6 is 0 Å². The van der Waals surface area contributed by atoms with E-state index in [0.717, 1.165) is 17.4 Å². The monoisotopic (exact) mass is 341 g/mol. The lowest BCUT2D eigenvalue weighted by atomic mass is 10.1. The predicted molar refractivity (Wildman–Crippen MR) is 93.2 cm³/mol. The first kappa shape index (κ1) is 16.6. The van der Waals surface area contributed by atoms with E-state index >= 15 is 0 Å². The molecule has 124 valence electrons. The van der Waals surface area contributed by atoms with Crippen LogP contribution in [0.1, 0.15) is 11.1 Å². The summed E-state index contributed by atoms with van der Waals surface area (Å²) in [6.07, 6.45) is 3.04. The SMILES string of the molecule is Cc1ccc(S(=O)(=O)N2CC(C=O)=CC2Cc2ccccc2)cc1. The van der Waals surface area contributed by atoms with Gasteiger partial charge in [-0.05, 0) is 31.0 Å². The molecule has 0 aromatic heterocycles. The predicted octanol–water partition coefficient (Wildman–Crippen LogP) is 2.74. The van der Waals surface area contributed by atoms with Crippen molar-refractivity contribution in [3.63, 3.8) is 0 Å². The molecule has 2 aromatic rings. The number of carbonyl (C=O) groups excluding carboxylic acids is 1. The van der Waals surface area contributed by atoms with Crippen molar-refractivity contribution in [2.75, 3.05) is 6.54 Å². The molecule has 0 amide bonds. The number of sulfonamides is 1. The van der Waals surface area contributed by atoms with Crippen LogP contribution in [0.25, 0.3) is 0 Å². The summed E-state index contributed by atoms with van der Waals surface area (Å²) in [4.78, 5) is 11.4. The quantitative estimate of drug-likeness (QED) is 0.786. The molecule has 0 bridgehead atoms. The fourth-order valence-corrected chi connectivity index (χ4v) is 4.44. The molecular formula is C19H19NO3S. The van der Waals surface area contributed by atoms with Gasteiger partial charge in [-0.25, -0.2) is 8.42 Å². The molecule has 0 saturated carbocycles. The average Bonchev–Trinajstić information content (AvgIpc) is 3.00. The number of benzene rings is 2. The highest BCUT2D eigenvalue weighted by Gasteiger charge is 2.35. The Bertz CT molecular complexity index is 855. The van der Waals surface area contributed by atoms with Gasteiger partial charge in [-0.3, -0.25) is 4.79 Å². The zero-order valence-corrected chi connectivity index (χ0v) is 14.2. The molecule has 0 saturated heterocycles.